The van der Waals surface area contributed by atoms with Crippen LogP contribution in [0.1, 0.15) is 38.2 Å². The summed E-state index contributed by atoms with van der Waals surface area (Å²) in [5.41, 5.74) is 2.37. The Labute approximate surface area is 202 Å². The number of rotatable bonds is 4. The molecule has 1 heterocycles. The Balaban J connectivity index is 1.77. The van der Waals surface area contributed by atoms with E-state index in [2.05, 4.69) is 0 Å². The van der Waals surface area contributed by atoms with Gasteiger partial charge in [0.05, 0.1) is 26.1 Å². The van der Waals surface area contributed by atoms with Crippen molar-refractivity contribution in [3.63, 3.8) is 0 Å². The average molecular weight is 478 g/mol. The lowest BCUT2D eigenvalue weighted by Crippen LogP contribution is -2.40. The van der Waals surface area contributed by atoms with Gasteiger partial charge in [0, 0.05) is 46.9 Å². The van der Waals surface area contributed by atoms with Crippen LogP contribution >= 0.6 is 0 Å². The summed E-state index contributed by atoms with van der Waals surface area (Å²) in [5.74, 6) is -2.59. The molecule has 1 aromatic carbocycles. The van der Waals surface area contributed by atoms with E-state index in [1.165, 1.54) is 37.3 Å². The highest BCUT2D eigenvalue weighted by Crippen LogP contribution is 2.57. The highest BCUT2D eigenvalue weighted by atomic mass is 16.5. The number of methoxy groups -OCH3 is 2. The van der Waals surface area contributed by atoms with Gasteiger partial charge in [0.25, 0.3) is 0 Å². The number of Topliss-reactive ketones (excluding diaryl/α,β-unsaturated/α-hetero) is 1. The number of amides is 2. The van der Waals surface area contributed by atoms with Gasteiger partial charge >= 0.3 is 0 Å². The molecule has 0 bridgehead atoms. The highest BCUT2D eigenvalue weighted by Gasteiger charge is 2.56. The van der Waals surface area contributed by atoms with Crippen molar-refractivity contribution in [2.24, 2.45) is 17.8 Å². The van der Waals surface area contributed by atoms with Gasteiger partial charge in [-0.3, -0.25) is 24.1 Å². The molecular formula is C27H27NO7. The molecule has 4 unspecified atom stereocenters. The number of hydrogen-bond acceptors (Lipinski definition) is 7. The number of nitrogens with zero attached hydrogens (tertiary/aromatic N) is 1. The van der Waals surface area contributed by atoms with E-state index in [9.17, 15) is 24.3 Å². The van der Waals surface area contributed by atoms with Crippen LogP contribution in [0.15, 0.2) is 46.6 Å². The minimum absolute atomic E-state index is 0.0707. The minimum atomic E-state index is -0.713. The smallest absolute Gasteiger partial charge is 0.233 e. The van der Waals surface area contributed by atoms with Crippen molar-refractivity contribution in [3.05, 3.63) is 52.1 Å². The molecule has 8 nitrogen and oxygen atoms in total. The third kappa shape index (κ3) is 3.19. The molecule has 35 heavy (non-hydrogen) atoms. The number of ketones is 2. The van der Waals surface area contributed by atoms with Crippen molar-refractivity contribution < 1.29 is 33.8 Å². The van der Waals surface area contributed by atoms with Gasteiger partial charge < -0.3 is 14.6 Å². The van der Waals surface area contributed by atoms with Crippen LogP contribution in [0.3, 0.4) is 0 Å². The molecule has 4 aliphatic rings. The Bertz CT molecular complexity index is 1260. The largest absolute Gasteiger partial charge is 0.508 e. The molecule has 1 fully saturated rings. The van der Waals surface area contributed by atoms with Gasteiger partial charge in [-0.05, 0) is 38.7 Å². The number of allylic oxidation sites excluding steroid dienone is 6. The maximum absolute atomic E-state index is 13.4. The average Bonchev–Trinajstić information content (AvgIpc) is 3.09. The van der Waals surface area contributed by atoms with Gasteiger partial charge in [0.1, 0.15) is 17.2 Å². The van der Waals surface area contributed by atoms with Crippen LogP contribution in [0.25, 0.3) is 0 Å². The number of phenols is 1. The summed E-state index contributed by atoms with van der Waals surface area (Å²) in [7, 11) is 2.91. The van der Waals surface area contributed by atoms with E-state index in [-0.39, 0.29) is 35.6 Å². The Hall–Kier alpha value is -3.68. The maximum atomic E-state index is 13.4. The number of imide groups is 1. The fraction of sp³-hybridized carbons (Fsp3) is 0.407. The van der Waals surface area contributed by atoms with Crippen molar-refractivity contribution in [3.8, 4) is 17.2 Å². The second kappa shape index (κ2) is 8.22. The third-order valence-electron chi connectivity index (χ3n) is 7.79. The topological polar surface area (TPSA) is 110 Å². The Morgan fingerprint density at radius 3 is 2.29 bits per heavy atom. The molecule has 0 spiro atoms. The number of likely N-dealkylation sites (tertiary alicyclic amines) is 1. The quantitative estimate of drug-likeness (QED) is 0.403. The lowest BCUT2D eigenvalue weighted by molar-refractivity contribution is -0.139. The van der Waals surface area contributed by atoms with Gasteiger partial charge in [-0.1, -0.05) is 11.6 Å². The van der Waals surface area contributed by atoms with Crippen molar-refractivity contribution in [1.29, 1.82) is 0 Å². The van der Waals surface area contributed by atoms with Crippen LogP contribution in [0, 0.1) is 17.8 Å². The summed E-state index contributed by atoms with van der Waals surface area (Å²) in [6.45, 7) is 3.68. The molecule has 1 aromatic rings. The molecule has 0 radical (unpaired) electrons. The van der Waals surface area contributed by atoms with Gasteiger partial charge in [0.15, 0.2) is 11.6 Å². The van der Waals surface area contributed by atoms with E-state index in [0.29, 0.717) is 46.7 Å². The summed E-state index contributed by atoms with van der Waals surface area (Å²) in [4.78, 5) is 54.3. The normalized spacial score (nSPS) is 27.8. The Morgan fingerprint density at radius 1 is 1.03 bits per heavy atom. The lowest BCUT2D eigenvalue weighted by atomic mass is 9.59. The van der Waals surface area contributed by atoms with Crippen molar-refractivity contribution in [1.82, 2.24) is 4.90 Å². The number of aromatic hydroxyl groups is 1. The summed E-state index contributed by atoms with van der Waals surface area (Å²) in [5, 5.41) is 10.2. The first kappa shape index (κ1) is 23.1. The zero-order valence-corrected chi connectivity index (χ0v) is 20.1. The molecule has 1 saturated heterocycles. The molecule has 1 N–H and O–H groups in total. The van der Waals surface area contributed by atoms with Gasteiger partial charge in [-0.15, -0.1) is 0 Å². The van der Waals surface area contributed by atoms with E-state index >= 15 is 0 Å². The fourth-order valence-corrected chi connectivity index (χ4v) is 6.30. The Kier molecular flexibility index (Phi) is 5.42. The molecule has 5 rings (SSSR count). The van der Waals surface area contributed by atoms with Crippen LogP contribution < -0.4 is 9.47 Å². The second-order valence-corrected chi connectivity index (χ2v) is 9.41. The summed E-state index contributed by atoms with van der Waals surface area (Å²) >= 11 is 0. The number of carbonyl (C=O) groups is 4. The zero-order chi connectivity index (χ0) is 25.2. The van der Waals surface area contributed by atoms with Crippen molar-refractivity contribution >= 4 is 23.4 Å². The number of ether oxygens (including phenoxy) is 2. The van der Waals surface area contributed by atoms with E-state index in [0.717, 1.165) is 5.57 Å². The molecule has 8 heteroatoms. The number of phenolic OH excluding ortho intramolecular Hbond substituents is 1. The first-order valence-corrected chi connectivity index (χ1v) is 11.7. The van der Waals surface area contributed by atoms with Crippen LogP contribution in [0.2, 0.25) is 0 Å². The van der Waals surface area contributed by atoms with Crippen LogP contribution in [0.4, 0.5) is 0 Å². The highest BCUT2D eigenvalue weighted by molar-refractivity contribution is 6.23. The van der Waals surface area contributed by atoms with E-state index < -0.39 is 23.7 Å². The van der Waals surface area contributed by atoms with Crippen LogP contribution in [-0.4, -0.2) is 54.2 Å². The molecule has 1 aliphatic heterocycles. The monoisotopic (exact) mass is 477 g/mol. The third-order valence-corrected chi connectivity index (χ3v) is 7.79. The zero-order valence-electron chi connectivity index (χ0n) is 20.1. The van der Waals surface area contributed by atoms with Crippen molar-refractivity contribution in [2.45, 2.75) is 32.6 Å². The standard InChI is InChI=1S/C27H27NO7/c1-5-28-26(32)15-7-6-14-16(21(15)27(28)33)11-17-22(18(30)8-12(2)25(17)31)23(14)24-19(34-3)9-13(29)10-20(24)35-4/h6,8-10,15-16,21,23,29H,5,7,11H2,1-4H3. The van der Waals surface area contributed by atoms with E-state index in [4.69, 9.17) is 9.47 Å². The Morgan fingerprint density at radius 2 is 1.69 bits per heavy atom. The lowest BCUT2D eigenvalue weighted by Gasteiger charge is -2.42. The first-order chi connectivity index (χ1) is 16.7. The molecule has 4 atom stereocenters. The van der Waals surface area contributed by atoms with Gasteiger partial charge in [-0.25, -0.2) is 0 Å². The predicted octanol–water partition coefficient (Wildman–Crippen LogP) is 2.86. The van der Waals surface area contributed by atoms with Gasteiger partial charge in [0.2, 0.25) is 11.8 Å². The molecule has 0 aromatic heterocycles. The van der Waals surface area contributed by atoms with Crippen molar-refractivity contribution in [2.75, 3.05) is 20.8 Å². The molecule has 0 saturated carbocycles. The predicted molar refractivity (Wildman–Crippen MR) is 125 cm³/mol. The SMILES string of the molecule is CCN1C(=O)C2CC=C3C(c4c(OC)cc(O)cc4OC)C4=C(CC3C2C1=O)C(=O)C(C)=CC4=O. The fourth-order valence-electron chi connectivity index (χ4n) is 6.30. The second-order valence-electron chi connectivity index (χ2n) is 9.41. The number of carbonyl (C=O) groups excluding carboxylic acids is 4. The molecule has 2 amide bonds. The van der Waals surface area contributed by atoms with E-state index in [1.54, 1.807) is 13.8 Å². The maximum Gasteiger partial charge on any atom is 0.233 e. The van der Waals surface area contributed by atoms with E-state index in [1.807, 2.05) is 6.08 Å². The molecule has 3 aliphatic carbocycles. The summed E-state index contributed by atoms with van der Waals surface area (Å²) in [6, 6.07) is 2.88. The molecular weight excluding hydrogens is 450 g/mol. The first-order valence-electron chi connectivity index (χ1n) is 11.7. The van der Waals surface area contributed by atoms with Crippen LogP contribution in [-0.2, 0) is 19.2 Å². The minimum Gasteiger partial charge on any atom is -0.508 e. The van der Waals surface area contributed by atoms with Crippen LogP contribution in [0.5, 0.6) is 17.2 Å². The van der Waals surface area contributed by atoms with Gasteiger partial charge in [-0.2, -0.15) is 0 Å². The number of benzene rings is 1. The summed E-state index contributed by atoms with van der Waals surface area (Å²) in [6.07, 6.45) is 3.88. The number of fused-ring (bicyclic) bond motifs is 3. The number of hydrogen-bond donors (Lipinski definition) is 1. The summed E-state index contributed by atoms with van der Waals surface area (Å²) < 4.78 is 11.2. The molecule has 182 valence electrons.